The van der Waals surface area contributed by atoms with Crippen molar-refractivity contribution in [2.24, 2.45) is 5.73 Å². The molecular weight excluding hydrogens is 456 g/mol. The van der Waals surface area contributed by atoms with Crippen LogP contribution >= 0.6 is 0 Å². The first-order valence-electron chi connectivity index (χ1n) is 12.2. The zero-order valence-corrected chi connectivity index (χ0v) is 20.9. The predicted molar refractivity (Wildman–Crippen MR) is 128 cm³/mol. The summed E-state index contributed by atoms with van der Waals surface area (Å²) < 4.78 is 33.2. The Balaban J connectivity index is 1.43. The largest absolute Gasteiger partial charge is 0.373 e. The van der Waals surface area contributed by atoms with Gasteiger partial charge in [0.25, 0.3) is 5.91 Å². The highest BCUT2D eigenvalue weighted by Gasteiger charge is 2.45. The van der Waals surface area contributed by atoms with E-state index in [0.717, 1.165) is 25.9 Å². The summed E-state index contributed by atoms with van der Waals surface area (Å²) in [5.74, 6) is -0.461. The lowest BCUT2D eigenvalue weighted by molar-refractivity contribution is -0.134. The number of nitrogens with zero attached hydrogens (tertiary/aromatic N) is 3. The van der Waals surface area contributed by atoms with Crippen molar-refractivity contribution in [2.75, 3.05) is 39.3 Å². The minimum absolute atomic E-state index is 0.158. The zero-order chi connectivity index (χ0) is 24.5. The number of amides is 2. The standard InChI is InChI=1S/C24H36N4O5S/c1-18-16-28(17-19(2)33-18)34(31,32)21-8-6-20(7-9-21)22(29)26-14-10-24(11-15-26,23(25)30)27-12-4-3-5-13-27/h6-9,18-19H,3-5,10-17H2,1-2H3,(H2,25,30)/t18-,19-/m1/s1. The number of hydrogen-bond donors (Lipinski definition) is 1. The molecule has 3 fully saturated rings. The van der Waals surface area contributed by atoms with Crippen molar-refractivity contribution in [1.82, 2.24) is 14.1 Å². The number of carbonyl (C=O) groups is 2. The number of primary amides is 1. The van der Waals surface area contributed by atoms with Gasteiger partial charge in [0.2, 0.25) is 15.9 Å². The van der Waals surface area contributed by atoms with E-state index in [2.05, 4.69) is 4.90 Å². The van der Waals surface area contributed by atoms with Gasteiger partial charge in [-0.1, -0.05) is 6.42 Å². The van der Waals surface area contributed by atoms with Crippen molar-refractivity contribution >= 4 is 21.8 Å². The number of benzene rings is 1. The van der Waals surface area contributed by atoms with Gasteiger partial charge in [0.15, 0.2) is 0 Å². The number of nitrogens with two attached hydrogens (primary N) is 1. The van der Waals surface area contributed by atoms with Crippen LogP contribution in [0.1, 0.15) is 56.3 Å². The quantitative estimate of drug-likeness (QED) is 0.665. The summed E-state index contributed by atoms with van der Waals surface area (Å²) >= 11 is 0. The average Bonchev–Trinajstić information content (AvgIpc) is 2.83. The molecule has 3 saturated heterocycles. The van der Waals surface area contributed by atoms with E-state index in [9.17, 15) is 18.0 Å². The highest BCUT2D eigenvalue weighted by atomic mass is 32.2. The molecule has 9 nitrogen and oxygen atoms in total. The number of ether oxygens (including phenoxy) is 1. The monoisotopic (exact) mass is 492 g/mol. The summed E-state index contributed by atoms with van der Waals surface area (Å²) in [6.07, 6.45) is 4.00. The average molecular weight is 493 g/mol. The lowest BCUT2D eigenvalue weighted by Crippen LogP contribution is -2.63. The molecule has 0 spiro atoms. The van der Waals surface area contributed by atoms with Crippen LogP contribution in [0, 0.1) is 0 Å². The molecule has 3 aliphatic heterocycles. The molecule has 0 radical (unpaired) electrons. The van der Waals surface area contributed by atoms with E-state index in [0.29, 0.717) is 44.6 Å². The van der Waals surface area contributed by atoms with E-state index < -0.39 is 15.6 Å². The van der Waals surface area contributed by atoms with Gasteiger partial charge < -0.3 is 15.4 Å². The third-order valence-electron chi connectivity index (χ3n) is 7.42. The molecule has 1 aromatic carbocycles. The fourth-order valence-corrected chi connectivity index (χ4v) is 7.14. The van der Waals surface area contributed by atoms with Crippen LogP contribution in [0.5, 0.6) is 0 Å². The lowest BCUT2D eigenvalue weighted by Gasteiger charge is -2.48. The van der Waals surface area contributed by atoms with Crippen LogP contribution in [0.25, 0.3) is 0 Å². The minimum Gasteiger partial charge on any atom is -0.373 e. The minimum atomic E-state index is -3.66. The molecule has 1 aromatic rings. The van der Waals surface area contributed by atoms with E-state index in [-0.39, 0.29) is 28.9 Å². The number of likely N-dealkylation sites (tertiary alicyclic amines) is 2. The Bertz CT molecular complexity index is 989. The molecule has 188 valence electrons. The van der Waals surface area contributed by atoms with Gasteiger partial charge in [0.1, 0.15) is 5.54 Å². The third-order valence-corrected chi connectivity index (χ3v) is 9.27. The molecule has 2 atom stereocenters. The van der Waals surface area contributed by atoms with Crippen molar-refractivity contribution in [3.63, 3.8) is 0 Å². The summed E-state index contributed by atoms with van der Waals surface area (Å²) in [4.78, 5) is 29.7. The van der Waals surface area contributed by atoms with E-state index in [1.807, 2.05) is 13.8 Å². The molecule has 10 heteroatoms. The first kappa shape index (κ1) is 25.1. The summed E-state index contributed by atoms with van der Waals surface area (Å²) in [5, 5.41) is 0. The number of rotatable bonds is 5. The molecule has 2 N–H and O–H groups in total. The van der Waals surface area contributed by atoms with Gasteiger partial charge in [-0.25, -0.2) is 8.42 Å². The molecular formula is C24H36N4O5S. The number of hydrogen-bond acceptors (Lipinski definition) is 6. The Morgan fingerprint density at radius 1 is 0.941 bits per heavy atom. The first-order valence-corrected chi connectivity index (χ1v) is 13.7. The third kappa shape index (κ3) is 4.86. The van der Waals surface area contributed by atoms with Gasteiger partial charge in [0.05, 0.1) is 17.1 Å². The summed E-state index contributed by atoms with van der Waals surface area (Å²) in [6, 6.07) is 6.14. The van der Waals surface area contributed by atoms with Gasteiger partial charge in [-0.15, -0.1) is 0 Å². The molecule has 4 rings (SSSR count). The van der Waals surface area contributed by atoms with Gasteiger partial charge in [-0.3, -0.25) is 14.5 Å². The fourth-order valence-electron chi connectivity index (χ4n) is 5.55. The topological polar surface area (TPSA) is 113 Å². The zero-order valence-electron chi connectivity index (χ0n) is 20.1. The van der Waals surface area contributed by atoms with Crippen molar-refractivity contribution < 1.29 is 22.7 Å². The number of piperidine rings is 2. The normalized spacial score (nSPS) is 26.8. The van der Waals surface area contributed by atoms with Gasteiger partial charge in [0, 0.05) is 31.7 Å². The van der Waals surface area contributed by atoms with Crippen LogP contribution < -0.4 is 5.73 Å². The molecule has 0 unspecified atom stereocenters. The predicted octanol–water partition coefficient (Wildman–Crippen LogP) is 1.43. The highest BCUT2D eigenvalue weighted by Crippen LogP contribution is 2.32. The summed E-state index contributed by atoms with van der Waals surface area (Å²) in [7, 11) is -3.66. The Kier molecular flexibility index (Phi) is 7.33. The maximum absolute atomic E-state index is 13.1. The molecule has 34 heavy (non-hydrogen) atoms. The summed E-state index contributed by atoms with van der Waals surface area (Å²) in [6.45, 7) is 6.96. The highest BCUT2D eigenvalue weighted by molar-refractivity contribution is 7.89. The number of morpholine rings is 1. The second-order valence-corrected chi connectivity index (χ2v) is 11.8. The Morgan fingerprint density at radius 3 is 2.03 bits per heavy atom. The summed E-state index contributed by atoms with van der Waals surface area (Å²) in [5.41, 5.74) is 5.61. The first-order chi connectivity index (χ1) is 16.1. The van der Waals surface area contributed by atoms with Gasteiger partial charge >= 0.3 is 0 Å². The molecule has 0 aliphatic carbocycles. The SMILES string of the molecule is C[C@@H]1CN(S(=O)(=O)c2ccc(C(=O)N3CCC(C(N)=O)(N4CCCCC4)CC3)cc2)C[C@@H](C)O1. The van der Waals surface area contributed by atoms with Crippen LogP contribution in [-0.2, 0) is 19.6 Å². The van der Waals surface area contributed by atoms with Gasteiger partial charge in [-0.05, 0) is 76.9 Å². The van der Waals surface area contributed by atoms with Crippen LogP contribution in [0.4, 0.5) is 0 Å². The molecule has 0 saturated carbocycles. The van der Waals surface area contributed by atoms with Gasteiger partial charge in [-0.2, -0.15) is 4.31 Å². The fraction of sp³-hybridized carbons (Fsp3) is 0.667. The molecule has 3 aliphatic rings. The molecule has 0 aromatic heterocycles. The van der Waals surface area contributed by atoms with Crippen LogP contribution in [0.3, 0.4) is 0 Å². The molecule has 0 bridgehead atoms. The van der Waals surface area contributed by atoms with Crippen molar-refractivity contribution in [3.05, 3.63) is 29.8 Å². The Morgan fingerprint density at radius 2 is 1.50 bits per heavy atom. The van der Waals surface area contributed by atoms with E-state index in [4.69, 9.17) is 10.5 Å². The molecule has 3 heterocycles. The maximum atomic E-state index is 13.1. The van der Waals surface area contributed by atoms with E-state index in [1.54, 1.807) is 17.0 Å². The Labute approximate surface area is 202 Å². The number of carbonyl (C=O) groups excluding carboxylic acids is 2. The van der Waals surface area contributed by atoms with Crippen molar-refractivity contribution in [2.45, 2.75) is 68.6 Å². The van der Waals surface area contributed by atoms with Crippen LogP contribution in [0.15, 0.2) is 29.2 Å². The lowest BCUT2D eigenvalue weighted by atomic mass is 9.83. The maximum Gasteiger partial charge on any atom is 0.253 e. The van der Waals surface area contributed by atoms with E-state index in [1.165, 1.54) is 22.9 Å². The smallest absolute Gasteiger partial charge is 0.253 e. The van der Waals surface area contributed by atoms with Crippen molar-refractivity contribution in [1.29, 1.82) is 0 Å². The van der Waals surface area contributed by atoms with Crippen molar-refractivity contribution in [3.8, 4) is 0 Å². The Hall–Kier alpha value is -2.01. The van der Waals surface area contributed by atoms with Crippen LogP contribution in [0.2, 0.25) is 0 Å². The number of sulfonamides is 1. The second kappa shape index (κ2) is 9.93. The van der Waals surface area contributed by atoms with Crippen LogP contribution in [-0.4, -0.2) is 91.4 Å². The second-order valence-electron chi connectivity index (χ2n) is 9.84. The molecule has 2 amide bonds. The van der Waals surface area contributed by atoms with E-state index >= 15 is 0 Å².